The zero-order valence-electron chi connectivity index (χ0n) is 8.57. The van der Waals surface area contributed by atoms with Gasteiger partial charge in [0.25, 0.3) is 0 Å². The van der Waals surface area contributed by atoms with Gasteiger partial charge in [-0.2, -0.15) is 0 Å². The van der Waals surface area contributed by atoms with Crippen molar-refractivity contribution in [1.29, 1.82) is 0 Å². The van der Waals surface area contributed by atoms with Crippen LogP contribution in [0.3, 0.4) is 0 Å². The molecule has 0 saturated heterocycles. The summed E-state index contributed by atoms with van der Waals surface area (Å²) in [5.41, 5.74) is 1.27. The van der Waals surface area contributed by atoms with Crippen molar-refractivity contribution in [3.05, 3.63) is 16.1 Å². The molecule has 1 aliphatic carbocycles. The Kier molecular flexibility index (Phi) is 3.19. The van der Waals surface area contributed by atoms with E-state index in [1.807, 2.05) is 0 Å². The molecule has 1 aromatic heterocycles. The first-order valence-corrected chi connectivity index (χ1v) is 6.29. The molecule has 2 nitrogen and oxygen atoms in total. The van der Waals surface area contributed by atoms with E-state index in [-0.39, 0.29) is 12.5 Å². The van der Waals surface area contributed by atoms with E-state index in [9.17, 15) is 0 Å². The molecular weight excluding hydrogens is 194 g/mol. The van der Waals surface area contributed by atoms with Gasteiger partial charge in [-0.1, -0.05) is 13.3 Å². The van der Waals surface area contributed by atoms with Crippen LogP contribution in [0.5, 0.6) is 0 Å². The molecule has 0 aromatic carbocycles. The standard InChI is InChI=1S/C11H17NOS/c1-2-8(6-13)11-12-10(7-14-11)9-4-3-5-9/h7-9,13H,2-6H2,1H3. The van der Waals surface area contributed by atoms with Crippen molar-refractivity contribution in [2.24, 2.45) is 0 Å². The average Bonchev–Trinajstić information content (AvgIpc) is 2.53. The van der Waals surface area contributed by atoms with E-state index in [4.69, 9.17) is 5.11 Å². The van der Waals surface area contributed by atoms with Gasteiger partial charge < -0.3 is 5.11 Å². The topological polar surface area (TPSA) is 33.1 Å². The first-order chi connectivity index (χ1) is 6.85. The van der Waals surface area contributed by atoms with Crippen LogP contribution in [0, 0.1) is 0 Å². The van der Waals surface area contributed by atoms with E-state index in [1.54, 1.807) is 11.3 Å². The zero-order valence-corrected chi connectivity index (χ0v) is 9.39. The van der Waals surface area contributed by atoms with Crippen molar-refractivity contribution in [3.63, 3.8) is 0 Å². The van der Waals surface area contributed by atoms with Gasteiger partial charge in [-0.15, -0.1) is 11.3 Å². The predicted molar refractivity (Wildman–Crippen MR) is 58.8 cm³/mol. The number of aliphatic hydroxyl groups is 1. The molecule has 2 rings (SSSR count). The number of rotatable bonds is 4. The molecule has 0 spiro atoms. The second-order valence-electron chi connectivity index (χ2n) is 4.03. The molecule has 0 amide bonds. The average molecular weight is 211 g/mol. The lowest BCUT2D eigenvalue weighted by atomic mass is 9.83. The maximum absolute atomic E-state index is 9.17. The predicted octanol–water partition coefficient (Wildman–Crippen LogP) is 2.90. The summed E-state index contributed by atoms with van der Waals surface area (Å²) < 4.78 is 0. The Balaban J connectivity index is 2.07. The second-order valence-corrected chi connectivity index (χ2v) is 4.92. The van der Waals surface area contributed by atoms with Crippen LogP contribution in [0.25, 0.3) is 0 Å². The largest absolute Gasteiger partial charge is 0.396 e. The van der Waals surface area contributed by atoms with Gasteiger partial charge in [-0.05, 0) is 19.3 Å². The van der Waals surface area contributed by atoms with Gasteiger partial charge in [-0.25, -0.2) is 4.98 Å². The minimum atomic E-state index is 0.230. The highest BCUT2D eigenvalue weighted by Gasteiger charge is 2.23. The van der Waals surface area contributed by atoms with Crippen molar-refractivity contribution in [1.82, 2.24) is 4.98 Å². The van der Waals surface area contributed by atoms with E-state index in [1.165, 1.54) is 25.0 Å². The number of aliphatic hydroxyl groups excluding tert-OH is 1. The lowest BCUT2D eigenvalue weighted by Gasteiger charge is -2.23. The Morgan fingerprint density at radius 2 is 2.43 bits per heavy atom. The molecule has 0 radical (unpaired) electrons. The van der Waals surface area contributed by atoms with E-state index in [2.05, 4.69) is 17.3 Å². The highest BCUT2D eigenvalue weighted by Crippen LogP contribution is 2.37. The molecule has 1 fully saturated rings. The fraction of sp³-hybridized carbons (Fsp3) is 0.727. The first-order valence-electron chi connectivity index (χ1n) is 5.41. The quantitative estimate of drug-likeness (QED) is 0.830. The summed E-state index contributed by atoms with van der Waals surface area (Å²) in [6, 6.07) is 0. The van der Waals surface area contributed by atoms with Gasteiger partial charge in [0, 0.05) is 17.2 Å². The molecule has 1 N–H and O–H groups in total. The van der Waals surface area contributed by atoms with Crippen LogP contribution in [-0.2, 0) is 0 Å². The van der Waals surface area contributed by atoms with E-state index >= 15 is 0 Å². The second kappa shape index (κ2) is 4.41. The van der Waals surface area contributed by atoms with Gasteiger partial charge in [0.15, 0.2) is 0 Å². The molecule has 1 aliphatic rings. The molecule has 14 heavy (non-hydrogen) atoms. The summed E-state index contributed by atoms with van der Waals surface area (Å²) in [6.45, 7) is 2.33. The van der Waals surface area contributed by atoms with Crippen LogP contribution in [0.15, 0.2) is 5.38 Å². The fourth-order valence-corrected chi connectivity index (χ4v) is 2.84. The molecule has 1 saturated carbocycles. The maximum Gasteiger partial charge on any atom is 0.0982 e. The van der Waals surface area contributed by atoms with Gasteiger partial charge in [0.2, 0.25) is 0 Å². The van der Waals surface area contributed by atoms with E-state index in [0.29, 0.717) is 0 Å². The third-order valence-electron chi connectivity index (χ3n) is 3.13. The molecule has 3 heteroatoms. The fourth-order valence-electron chi connectivity index (χ4n) is 1.76. The van der Waals surface area contributed by atoms with Crippen molar-refractivity contribution in [3.8, 4) is 0 Å². The van der Waals surface area contributed by atoms with Crippen molar-refractivity contribution < 1.29 is 5.11 Å². The van der Waals surface area contributed by atoms with Gasteiger partial charge in [0.05, 0.1) is 17.3 Å². The summed E-state index contributed by atoms with van der Waals surface area (Å²) in [5.74, 6) is 0.977. The number of aromatic nitrogens is 1. The van der Waals surface area contributed by atoms with Gasteiger partial charge >= 0.3 is 0 Å². The minimum Gasteiger partial charge on any atom is -0.396 e. The van der Waals surface area contributed by atoms with E-state index in [0.717, 1.165) is 17.3 Å². The molecule has 1 aromatic rings. The van der Waals surface area contributed by atoms with Crippen LogP contribution < -0.4 is 0 Å². The number of hydrogen-bond donors (Lipinski definition) is 1. The molecule has 1 atom stereocenters. The Morgan fingerprint density at radius 3 is 2.93 bits per heavy atom. The molecule has 0 aliphatic heterocycles. The Morgan fingerprint density at radius 1 is 1.64 bits per heavy atom. The third-order valence-corrected chi connectivity index (χ3v) is 4.15. The first kappa shape index (κ1) is 10.1. The third kappa shape index (κ3) is 1.84. The molecular formula is C11H17NOS. The zero-order chi connectivity index (χ0) is 9.97. The molecule has 1 heterocycles. The van der Waals surface area contributed by atoms with E-state index < -0.39 is 0 Å². The molecule has 1 unspecified atom stereocenters. The maximum atomic E-state index is 9.17. The number of nitrogens with zero attached hydrogens (tertiary/aromatic N) is 1. The van der Waals surface area contributed by atoms with Crippen molar-refractivity contribution in [2.45, 2.75) is 44.4 Å². The summed E-state index contributed by atoms with van der Waals surface area (Å²) in [7, 11) is 0. The lowest BCUT2D eigenvalue weighted by Crippen LogP contribution is -2.10. The Hall–Kier alpha value is -0.410. The van der Waals surface area contributed by atoms with Gasteiger partial charge in [0.1, 0.15) is 0 Å². The lowest BCUT2D eigenvalue weighted by molar-refractivity contribution is 0.261. The Bertz CT molecular complexity index is 289. The van der Waals surface area contributed by atoms with Crippen LogP contribution in [0.2, 0.25) is 0 Å². The monoisotopic (exact) mass is 211 g/mol. The molecule has 0 bridgehead atoms. The highest BCUT2D eigenvalue weighted by molar-refractivity contribution is 7.09. The SMILES string of the molecule is CCC(CO)c1nc(C2CCC2)cs1. The van der Waals surface area contributed by atoms with Crippen LogP contribution >= 0.6 is 11.3 Å². The smallest absolute Gasteiger partial charge is 0.0982 e. The van der Waals surface area contributed by atoms with Crippen LogP contribution in [0.1, 0.15) is 55.1 Å². The number of thiazole rings is 1. The summed E-state index contributed by atoms with van der Waals surface area (Å²) in [6.07, 6.45) is 4.95. The number of hydrogen-bond acceptors (Lipinski definition) is 3. The van der Waals surface area contributed by atoms with Crippen LogP contribution in [0.4, 0.5) is 0 Å². The highest BCUT2D eigenvalue weighted by atomic mass is 32.1. The Labute approximate surface area is 89.0 Å². The summed E-state index contributed by atoms with van der Waals surface area (Å²) >= 11 is 1.71. The van der Waals surface area contributed by atoms with Crippen molar-refractivity contribution >= 4 is 11.3 Å². The van der Waals surface area contributed by atoms with Crippen molar-refractivity contribution in [2.75, 3.05) is 6.61 Å². The normalized spacial score (nSPS) is 19.3. The minimum absolute atomic E-state index is 0.230. The molecule has 78 valence electrons. The summed E-state index contributed by atoms with van der Waals surface area (Å²) in [5, 5.41) is 12.5. The summed E-state index contributed by atoms with van der Waals surface area (Å²) in [4.78, 5) is 4.63. The van der Waals surface area contributed by atoms with Gasteiger partial charge in [-0.3, -0.25) is 0 Å². The van der Waals surface area contributed by atoms with Crippen LogP contribution in [-0.4, -0.2) is 16.7 Å².